The Morgan fingerprint density at radius 2 is 1.68 bits per heavy atom. The third-order valence-electron chi connectivity index (χ3n) is 5.27. The van der Waals surface area contributed by atoms with Crippen molar-refractivity contribution in [3.63, 3.8) is 0 Å². The van der Waals surface area contributed by atoms with Crippen LogP contribution in [0, 0.1) is 0 Å². The van der Waals surface area contributed by atoms with Gasteiger partial charge in [0.1, 0.15) is 12.6 Å². The Balaban J connectivity index is 1.53. The van der Waals surface area contributed by atoms with Gasteiger partial charge in [0.05, 0.1) is 10.5 Å². The summed E-state index contributed by atoms with van der Waals surface area (Å²) in [5.41, 5.74) is -0.267. The Kier molecular flexibility index (Phi) is 7.82. The molecule has 1 saturated heterocycles. The average Bonchev–Trinajstić information content (AvgIpc) is 2.82. The van der Waals surface area contributed by atoms with E-state index in [0.29, 0.717) is 6.07 Å². The highest BCUT2D eigenvalue weighted by Gasteiger charge is 2.35. The maximum atomic E-state index is 12.9. The molecule has 0 aliphatic carbocycles. The van der Waals surface area contributed by atoms with E-state index in [2.05, 4.69) is 5.32 Å². The molecule has 1 fully saturated rings. The molecule has 1 aliphatic heterocycles. The Hall–Kier alpha value is -3.12. The van der Waals surface area contributed by atoms with Crippen molar-refractivity contribution in [2.75, 3.05) is 26.2 Å². The third kappa shape index (κ3) is 6.26. The van der Waals surface area contributed by atoms with Crippen molar-refractivity contribution in [3.05, 3.63) is 65.7 Å². The minimum Gasteiger partial charge on any atom is -0.445 e. The molecule has 0 aromatic heterocycles. The van der Waals surface area contributed by atoms with Gasteiger partial charge in [0.15, 0.2) is 0 Å². The minimum atomic E-state index is -4.66. The number of carbonyl (C=O) groups is 2. The number of alkyl halides is 3. The number of sulfonamides is 1. The topological polar surface area (TPSA) is 96.0 Å². The van der Waals surface area contributed by atoms with E-state index in [-0.39, 0.29) is 32.8 Å². The van der Waals surface area contributed by atoms with E-state index in [1.807, 2.05) is 6.07 Å². The molecule has 1 aliphatic rings. The number of rotatable bonds is 6. The summed E-state index contributed by atoms with van der Waals surface area (Å²) in [7, 11) is -4.16. The van der Waals surface area contributed by atoms with Crippen LogP contribution in [-0.4, -0.2) is 61.8 Å². The van der Waals surface area contributed by atoms with E-state index in [1.54, 1.807) is 24.3 Å². The van der Waals surface area contributed by atoms with E-state index < -0.39 is 44.7 Å². The molecule has 12 heteroatoms. The van der Waals surface area contributed by atoms with Crippen LogP contribution in [0.4, 0.5) is 18.0 Å². The smallest absolute Gasteiger partial charge is 0.416 e. The second kappa shape index (κ2) is 10.4. The first-order chi connectivity index (χ1) is 16.0. The summed E-state index contributed by atoms with van der Waals surface area (Å²) < 4.78 is 70.6. The summed E-state index contributed by atoms with van der Waals surface area (Å²) >= 11 is 0. The summed E-state index contributed by atoms with van der Waals surface area (Å²) in [6.07, 6.45) is -5.43. The Labute approximate surface area is 195 Å². The van der Waals surface area contributed by atoms with E-state index in [1.165, 1.54) is 11.8 Å². The summed E-state index contributed by atoms with van der Waals surface area (Å²) in [5, 5.41) is 2.44. The monoisotopic (exact) mass is 499 g/mol. The number of carbonyl (C=O) groups excluding carboxylic acids is 2. The molecule has 1 heterocycles. The Morgan fingerprint density at radius 1 is 1.03 bits per heavy atom. The molecule has 0 bridgehead atoms. The van der Waals surface area contributed by atoms with Crippen LogP contribution >= 0.6 is 0 Å². The number of nitrogens with zero attached hydrogens (tertiary/aromatic N) is 2. The fraction of sp³-hybridized carbons (Fsp3) is 0.364. The fourth-order valence-electron chi connectivity index (χ4n) is 3.41. The molecule has 2 aromatic rings. The third-order valence-corrected chi connectivity index (χ3v) is 7.16. The summed E-state index contributed by atoms with van der Waals surface area (Å²) in [6, 6.07) is 11.6. The fourth-order valence-corrected chi connectivity index (χ4v) is 4.88. The lowest BCUT2D eigenvalue weighted by Gasteiger charge is -2.35. The van der Waals surface area contributed by atoms with Crippen molar-refractivity contribution in [2.24, 2.45) is 0 Å². The van der Waals surface area contributed by atoms with Crippen LogP contribution in [0.25, 0.3) is 0 Å². The number of amides is 2. The molecule has 0 unspecified atom stereocenters. The quantitative estimate of drug-likeness (QED) is 0.660. The van der Waals surface area contributed by atoms with Gasteiger partial charge in [0.25, 0.3) is 0 Å². The van der Waals surface area contributed by atoms with E-state index >= 15 is 0 Å². The molecule has 1 N–H and O–H groups in total. The maximum Gasteiger partial charge on any atom is 0.416 e. The van der Waals surface area contributed by atoms with E-state index in [4.69, 9.17) is 4.74 Å². The molecule has 8 nitrogen and oxygen atoms in total. The van der Waals surface area contributed by atoms with Crippen LogP contribution < -0.4 is 5.32 Å². The van der Waals surface area contributed by atoms with Gasteiger partial charge >= 0.3 is 12.3 Å². The van der Waals surface area contributed by atoms with Gasteiger partial charge in [0.2, 0.25) is 15.9 Å². The minimum absolute atomic E-state index is 0.0299. The molecule has 1 atom stereocenters. The predicted molar refractivity (Wildman–Crippen MR) is 116 cm³/mol. The van der Waals surface area contributed by atoms with Gasteiger partial charge in [-0.15, -0.1) is 0 Å². The van der Waals surface area contributed by atoms with E-state index in [0.717, 1.165) is 28.1 Å². The first-order valence-electron chi connectivity index (χ1n) is 10.4. The average molecular weight is 500 g/mol. The normalized spacial score (nSPS) is 16.1. The number of alkyl carbamates (subject to hydrolysis) is 1. The lowest BCUT2D eigenvalue weighted by molar-refractivity contribution is -0.137. The molecule has 0 spiro atoms. The molecular weight excluding hydrogens is 475 g/mol. The standard InChI is InChI=1S/C22H24F3N3O5S/c1-16(26-21(30)33-15-17-6-3-2-4-7-17)20(29)27-10-12-28(13-11-27)34(31,32)19-9-5-8-18(14-19)22(23,24)25/h2-9,14,16H,10-13,15H2,1H3,(H,26,30)/t16-/m1/s1. The highest BCUT2D eigenvalue weighted by atomic mass is 32.2. The number of ether oxygens (including phenoxy) is 1. The van der Waals surface area contributed by atoms with E-state index in [9.17, 15) is 31.2 Å². The highest BCUT2D eigenvalue weighted by molar-refractivity contribution is 7.89. The molecule has 34 heavy (non-hydrogen) atoms. The zero-order valence-electron chi connectivity index (χ0n) is 18.3. The summed E-state index contributed by atoms with van der Waals surface area (Å²) in [4.78, 5) is 25.6. The zero-order valence-corrected chi connectivity index (χ0v) is 19.1. The molecule has 2 amide bonds. The van der Waals surface area contributed by atoms with Gasteiger partial charge in [-0.05, 0) is 30.7 Å². The van der Waals surface area contributed by atoms with Crippen molar-refractivity contribution in [1.82, 2.24) is 14.5 Å². The van der Waals surface area contributed by atoms with Crippen LogP contribution in [0.3, 0.4) is 0 Å². The SMILES string of the molecule is C[C@@H](NC(=O)OCc1ccccc1)C(=O)N1CCN(S(=O)(=O)c2cccc(C(F)(F)F)c2)CC1. The van der Waals surface area contributed by atoms with Crippen molar-refractivity contribution < 1.29 is 35.9 Å². The largest absolute Gasteiger partial charge is 0.445 e. The predicted octanol–water partition coefficient (Wildman–Crippen LogP) is 2.85. The van der Waals surface area contributed by atoms with Crippen LogP contribution in [0.1, 0.15) is 18.1 Å². The molecule has 2 aromatic carbocycles. The van der Waals surface area contributed by atoms with Crippen molar-refractivity contribution in [2.45, 2.75) is 30.6 Å². The second-order valence-electron chi connectivity index (χ2n) is 7.68. The van der Waals surface area contributed by atoms with Crippen LogP contribution in [0.5, 0.6) is 0 Å². The van der Waals surface area contributed by atoms with Gasteiger partial charge in [-0.1, -0.05) is 36.4 Å². The number of hydrogen-bond donors (Lipinski definition) is 1. The van der Waals surface area contributed by atoms with Crippen LogP contribution in [0.2, 0.25) is 0 Å². The molecule has 0 saturated carbocycles. The zero-order chi connectivity index (χ0) is 24.9. The molecule has 3 rings (SSSR count). The van der Waals surface area contributed by atoms with Gasteiger partial charge in [-0.25, -0.2) is 13.2 Å². The Morgan fingerprint density at radius 3 is 2.29 bits per heavy atom. The van der Waals surface area contributed by atoms with Gasteiger partial charge < -0.3 is 15.0 Å². The Bertz CT molecular complexity index is 1120. The lowest BCUT2D eigenvalue weighted by Crippen LogP contribution is -2.55. The first kappa shape index (κ1) is 25.5. The van der Waals surface area contributed by atoms with Gasteiger partial charge in [0, 0.05) is 26.2 Å². The maximum absolute atomic E-state index is 12.9. The first-order valence-corrected chi connectivity index (χ1v) is 11.9. The molecule has 0 radical (unpaired) electrons. The van der Waals surface area contributed by atoms with Crippen LogP contribution in [-0.2, 0) is 32.3 Å². The second-order valence-corrected chi connectivity index (χ2v) is 9.62. The van der Waals surface area contributed by atoms with Gasteiger partial charge in [-0.2, -0.15) is 17.5 Å². The number of halogens is 3. The summed E-state index contributed by atoms with van der Waals surface area (Å²) in [5.74, 6) is -0.423. The van der Waals surface area contributed by atoms with Crippen molar-refractivity contribution in [1.29, 1.82) is 0 Å². The van der Waals surface area contributed by atoms with Crippen molar-refractivity contribution in [3.8, 4) is 0 Å². The van der Waals surface area contributed by atoms with Crippen LogP contribution in [0.15, 0.2) is 59.5 Å². The lowest BCUT2D eigenvalue weighted by atomic mass is 10.2. The number of nitrogens with one attached hydrogen (secondary N) is 1. The molecular formula is C22H24F3N3O5S. The summed E-state index contributed by atoms with van der Waals surface area (Å²) in [6.45, 7) is 1.41. The number of hydrogen-bond acceptors (Lipinski definition) is 5. The number of piperazine rings is 1. The molecule has 184 valence electrons. The van der Waals surface area contributed by atoms with Crippen molar-refractivity contribution >= 4 is 22.0 Å². The number of benzene rings is 2. The van der Waals surface area contributed by atoms with Gasteiger partial charge in [-0.3, -0.25) is 4.79 Å². The highest BCUT2D eigenvalue weighted by Crippen LogP contribution is 2.31.